The normalized spacial score (nSPS) is 17.9. The first-order valence-electron chi connectivity index (χ1n) is 7.53. The van der Waals surface area contributed by atoms with E-state index < -0.39 is 0 Å². The maximum Gasteiger partial charge on any atom is 0.237 e. The molecule has 1 aromatic rings. The summed E-state index contributed by atoms with van der Waals surface area (Å²) in [7, 11) is 1.93. The van der Waals surface area contributed by atoms with Gasteiger partial charge in [-0.25, -0.2) is 0 Å². The van der Waals surface area contributed by atoms with Gasteiger partial charge in [-0.2, -0.15) is 0 Å². The van der Waals surface area contributed by atoms with Crippen LogP contribution in [0.25, 0.3) is 0 Å². The topological polar surface area (TPSA) is 71.8 Å². The zero-order chi connectivity index (χ0) is 14.4. The van der Waals surface area contributed by atoms with E-state index in [1.54, 1.807) is 6.33 Å². The van der Waals surface area contributed by atoms with Gasteiger partial charge in [-0.1, -0.05) is 19.3 Å². The molecule has 1 unspecified atom stereocenters. The highest BCUT2D eigenvalue weighted by molar-refractivity contribution is 5.81. The number of aryl methyl sites for hydroxylation is 1. The predicted octanol–water partition coefficient (Wildman–Crippen LogP) is 0.785. The molecule has 112 valence electrons. The Kier molecular flexibility index (Phi) is 5.52. The van der Waals surface area contributed by atoms with Crippen LogP contribution in [0.1, 0.15) is 44.9 Å². The Morgan fingerprint density at radius 2 is 2.20 bits per heavy atom. The lowest BCUT2D eigenvalue weighted by atomic mass is 9.95. The predicted molar refractivity (Wildman–Crippen MR) is 77.2 cm³/mol. The van der Waals surface area contributed by atoms with Crippen LogP contribution < -0.4 is 10.6 Å². The lowest BCUT2D eigenvalue weighted by Gasteiger charge is -2.24. The minimum Gasteiger partial charge on any atom is -0.352 e. The Morgan fingerprint density at radius 1 is 1.45 bits per heavy atom. The van der Waals surface area contributed by atoms with Gasteiger partial charge in [0.05, 0.1) is 6.04 Å². The fourth-order valence-electron chi connectivity index (χ4n) is 2.60. The van der Waals surface area contributed by atoms with E-state index in [9.17, 15) is 4.79 Å². The molecule has 1 heterocycles. The summed E-state index contributed by atoms with van der Waals surface area (Å²) < 4.78 is 1.90. The number of hydrogen-bond acceptors (Lipinski definition) is 4. The van der Waals surface area contributed by atoms with Crippen molar-refractivity contribution >= 4 is 5.91 Å². The van der Waals surface area contributed by atoms with Crippen molar-refractivity contribution in [3.63, 3.8) is 0 Å². The van der Waals surface area contributed by atoms with Crippen LogP contribution in [0.2, 0.25) is 0 Å². The van der Waals surface area contributed by atoms with E-state index in [4.69, 9.17) is 0 Å². The smallest absolute Gasteiger partial charge is 0.237 e. The molecule has 1 amide bonds. The van der Waals surface area contributed by atoms with Crippen LogP contribution in [0.4, 0.5) is 0 Å². The first-order chi connectivity index (χ1) is 9.66. The van der Waals surface area contributed by atoms with E-state index in [0.717, 1.165) is 31.6 Å². The second-order valence-corrected chi connectivity index (χ2v) is 5.63. The van der Waals surface area contributed by atoms with E-state index in [1.165, 1.54) is 19.3 Å². The third kappa shape index (κ3) is 4.30. The van der Waals surface area contributed by atoms with Crippen LogP contribution in [0.5, 0.6) is 0 Å². The first-order valence-corrected chi connectivity index (χ1v) is 7.53. The summed E-state index contributed by atoms with van der Waals surface area (Å²) in [4.78, 5) is 12.1. The number of carbonyl (C=O) groups excluding carboxylic acids is 1. The Hall–Kier alpha value is -1.43. The van der Waals surface area contributed by atoms with Gasteiger partial charge >= 0.3 is 0 Å². The van der Waals surface area contributed by atoms with Crippen molar-refractivity contribution in [1.82, 2.24) is 25.4 Å². The van der Waals surface area contributed by atoms with E-state index in [1.807, 2.05) is 18.5 Å². The van der Waals surface area contributed by atoms with Crippen molar-refractivity contribution in [1.29, 1.82) is 0 Å². The Bertz CT molecular complexity index is 425. The molecule has 0 bridgehead atoms. The fourth-order valence-corrected chi connectivity index (χ4v) is 2.60. The van der Waals surface area contributed by atoms with E-state index in [0.29, 0.717) is 6.04 Å². The first kappa shape index (κ1) is 15.0. The number of nitrogens with one attached hydrogen (secondary N) is 2. The molecule has 1 aromatic heterocycles. The van der Waals surface area contributed by atoms with E-state index >= 15 is 0 Å². The van der Waals surface area contributed by atoms with Crippen LogP contribution in [-0.2, 0) is 18.3 Å². The van der Waals surface area contributed by atoms with Crippen molar-refractivity contribution in [2.45, 2.75) is 57.5 Å². The minimum absolute atomic E-state index is 0.106. The summed E-state index contributed by atoms with van der Waals surface area (Å²) in [5.74, 6) is 1.03. The highest BCUT2D eigenvalue weighted by Gasteiger charge is 2.19. The molecular weight excluding hydrogens is 254 g/mol. The van der Waals surface area contributed by atoms with Crippen molar-refractivity contribution in [3.8, 4) is 0 Å². The van der Waals surface area contributed by atoms with Gasteiger partial charge in [-0.05, 0) is 19.8 Å². The Morgan fingerprint density at radius 3 is 2.85 bits per heavy atom. The quantitative estimate of drug-likeness (QED) is 0.807. The number of aromatic nitrogens is 3. The molecule has 6 nitrogen and oxygen atoms in total. The van der Waals surface area contributed by atoms with Gasteiger partial charge in [0.15, 0.2) is 0 Å². The second-order valence-electron chi connectivity index (χ2n) is 5.63. The molecule has 0 spiro atoms. The molecule has 0 radical (unpaired) electrons. The summed E-state index contributed by atoms with van der Waals surface area (Å²) in [6.45, 7) is 2.64. The molecule has 2 N–H and O–H groups in total. The number of carbonyl (C=O) groups is 1. The van der Waals surface area contributed by atoms with Crippen molar-refractivity contribution in [3.05, 3.63) is 12.2 Å². The van der Waals surface area contributed by atoms with Crippen LogP contribution in [-0.4, -0.2) is 39.3 Å². The molecule has 6 heteroatoms. The van der Waals surface area contributed by atoms with Crippen LogP contribution in [0.15, 0.2) is 6.33 Å². The second kappa shape index (κ2) is 7.38. The number of amides is 1. The molecule has 0 saturated heterocycles. The van der Waals surface area contributed by atoms with Gasteiger partial charge in [0.25, 0.3) is 0 Å². The van der Waals surface area contributed by atoms with Crippen LogP contribution >= 0.6 is 0 Å². The Balaban J connectivity index is 1.67. The van der Waals surface area contributed by atoms with Gasteiger partial charge in [-0.3, -0.25) is 4.79 Å². The third-order valence-electron chi connectivity index (χ3n) is 3.95. The zero-order valence-corrected chi connectivity index (χ0v) is 12.4. The number of nitrogens with zero attached hydrogens (tertiary/aromatic N) is 3. The number of hydrogen-bond donors (Lipinski definition) is 2. The molecule has 0 aliphatic heterocycles. The third-order valence-corrected chi connectivity index (χ3v) is 3.95. The zero-order valence-electron chi connectivity index (χ0n) is 12.4. The molecule has 1 saturated carbocycles. The van der Waals surface area contributed by atoms with Crippen LogP contribution in [0, 0.1) is 0 Å². The molecule has 0 aromatic carbocycles. The highest BCUT2D eigenvalue weighted by Crippen LogP contribution is 2.17. The van der Waals surface area contributed by atoms with Crippen molar-refractivity contribution in [2.75, 3.05) is 6.54 Å². The lowest BCUT2D eigenvalue weighted by molar-refractivity contribution is -0.123. The highest BCUT2D eigenvalue weighted by atomic mass is 16.2. The molecular formula is C14H25N5O. The van der Waals surface area contributed by atoms with Crippen molar-refractivity contribution in [2.24, 2.45) is 7.05 Å². The van der Waals surface area contributed by atoms with Gasteiger partial charge in [0.2, 0.25) is 5.91 Å². The molecule has 1 aliphatic carbocycles. The fraction of sp³-hybridized carbons (Fsp3) is 0.786. The maximum absolute atomic E-state index is 12.1. The minimum atomic E-state index is -0.162. The number of rotatable bonds is 6. The Labute approximate surface area is 120 Å². The maximum atomic E-state index is 12.1. The summed E-state index contributed by atoms with van der Waals surface area (Å²) in [6, 6.07) is 0.212. The van der Waals surface area contributed by atoms with Gasteiger partial charge < -0.3 is 15.2 Å². The van der Waals surface area contributed by atoms with Gasteiger partial charge in [-0.15, -0.1) is 10.2 Å². The molecule has 1 atom stereocenters. The molecule has 1 aliphatic rings. The van der Waals surface area contributed by atoms with Gasteiger partial charge in [0.1, 0.15) is 12.2 Å². The standard InChI is InChI=1S/C14H25N5O/c1-11(14(20)17-12-6-4-3-5-7-12)15-9-8-13-18-16-10-19(13)2/h10-12,15H,3-9H2,1-2H3,(H,17,20). The largest absolute Gasteiger partial charge is 0.352 e. The molecule has 20 heavy (non-hydrogen) atoms. The van der Waals surface area contributed by atoms with E-state index in [2.05, 4.69) is 20.8 Å². The summed E-state index contributed by atoms with van der Waals surface area (Å²) in [6.07, 6.45) is 8.48. The summed E-state index contributed by atoms with van der Waals surface area (Å²) in [5, 5.41) is 14.2. The average molecular weight is 279 g/mol. The van der Waals surface area contributed by atoms with E-state index in [-0.39, 0.29) is 11.9 Å². The SMILES string of the molecule is CC(NCCc1nncn1C)C(=O)NC1CCCCC1. The monoisotopic (exact) mass is 279 g/mol. The molecule has 2 rings (SSSR count). The van der Waals surface area contributed by atoms with Crippen molar-refractivity contribution < 1.29 is 4.79 Å². The lowest BCUT2D eigenvalue weighted by Crippen LogP contribution is -2.47. The van der Waals surface area contributed by atoms with Crippen LogP contribution in [0.3, 0.4) is 0 Å². The van der Waals surface area contributed by atoms with Gasteiger partial charge in [0, 0.05) is 26.1 Å². The summed E-state index contributed by atoms with van der Waals surface area (Å²) in [5.41, 5.74) is 0. The summed E-state index contributed by atoms with van der Waals surface area (Å²) >= 11 is 0. The average Bonchev–Trinajstić information content (AvgIpc) is 2.85. The molecule has 1 fully saturated rings.